The maximum absolute atomic E-state index is 13.2. The summed E-state index contributed by atoms with van der Waals surface area (Å²) in [4.78, 5) is 27.6. The zero-order valence-electron chi connectivity index (χ0n) is 17.6. The minimum absolute atomic E-state index is 0. The highest BCUT2D eigenvalue weighted by Gasteiger charge is 2.33. The van der Waals surface area contributed by atoms with Crippen LogP contribution < -0.4 is 10.6 Å². The molecule has 0 aromatic heterocycles. The lowest BCUT2D eigenvalue weighted by Crippen LogP contribution is -2.49. The Morgan fingerprint density at radius 3 is 2.21 bits per heavy atom. The van der Waals surface area contributed by atoms with E-state index in [1.807, 2.05) is 0 Å². The SMILES string of the molecule is CCCN(C(=O)C1CCC(NC(=O)CC2CCCC2)CC1)C1CCNCC1.Cl. The van der Waals surface area contributed by atoms with E-state index in [-0.39, 0.29) is 30.3 Å². The minimum Gasteiger partial charge on any atom is -0.353 e. The molecule has 2 amide bonds. The van der Waals surface area contributed by atoms with Crippen LogP contribution in [-0.4, -0.2) is 48.4 Å². The lowest BCUT2D eigenvalue weighted by molar-refractivity contribution is -0.139. The molecule has 3 fully saturated rings. The second kappa shape index (κ2) is 12.0. The first-order chi connectivity index (χ1) is 13.2. The maximum atomic E-state index is 13.2. The average Bonchev–Trinajstić information content (AvgIpc) is 3.19. The van der Waals surface area contributed by atoms with Crippen molar-refractivity contribution in [2.24, 2.45) is 11.8 Å². The van der Waals surface area contributed by atoms with Crippen molar-refractivity contribution < 1.29 is 9.59 Å². The lowest BCUT2D eigenvalue weighted by atomic mass is 9.84. The third-order valence-electron chi connectivity index (χ3n) is 6.89. The molecule has 0 atom stereocenters. The predicted octanol–water partition coefficient (Wildman–Crippen LogP) is 3.65. The molecule has 162 valence electrons. The molecule has 6 heteroatoms. The lowest BCUT2D eigenvalue weighted by Gasteiger charge is -2.38. The zero-order valence-corrected chi connectivity index (χ0v) is 18.4. The third kappa shape index (κ3) is 6.62. The van der Waals surface area contributed by atoms with Crippen LogP contribution in [0.2, 0.25) is 0 Å². The first-order valence-electron chi connectivity index (χ1n) is 11.5. The zero-order chi connectivity index (χ0) is 19.1. The Balaban J connectivity index is 0.00000280. The van der Waals surface area contributed by atoms with Crippen LogP contribution in [0, 0.1) is 11.8 Å². The summed E-state index contributed by atoms with van der Waals surface area (Å²) < 4.78 is 0. The van der Waals surface area contributed by atoms with Gasteiger partial charge in [-0.05, 0) is 76.8 Å². The van der Waals surface area contributed by atoms with Crippen molar-refractivity contribution in [3.05, 3.63) is 0 Å². The van der Waals surface area contributed by atoms with E-state index in [2.05, 4.69) is 22.5 Å². The first kappa shape index (κ1) is 23.5. The second-order valence-electron chi connectivity index (χ2n) is 8.98. The Morgan fingerprint density at radius 1 is 0.964 bits per heavy atom. The fourth-order valence-corrected chi connectivity index (χ4v) is 5.31. The largest absolute Gasteiger partial charge is 0.353 e. The Hall–Kier alpha value is -0.810. The molecule has 0 aromatic rings. The van der Waals surface area contributed by atoms with Crippen LogP contribution in [-0.2, 0) is 9.59 Å². The van der Waals surface area contributed by atoms with E-state index in [1.165, 1.54) is 25.7 Å². The molecule has 0 radical (unpaired) electrons. The van der Waals surface area contributed by atoms with Crippen LogP contribution in [0.3, 0.4) is 0 Å². The summed E-state index contributed by atoms with van der Waals surface area (Å²) in [5.74, 6) is 1.38. The first-order valence-corrected chi connectivity index (χ1v) is 11.5. The number of hydrogen-bond acceptors (Lipinski definition) is 3. The third-order valence-corrected chi connectivity index (χ3v) is 6.89. The summed E-state index contributed by atoms with van der Waals surface area (Å²) in [7, 11) is 0. The number of nitrogens with one attached hydrogen (secondary N) is 2. The number of carbonyl (C=O) groups excluding carboxylic acids is 2. The smallest absolute Gasteiger partial charge is 0.225 e. The van der Waals surface area contributed by atoms with Gasteiger partial charge in [0.1, 0.15) is 0 Å². The monoisotopic (exact) mass is 413 g/mol. The van der Waals surface area contributed by atoms with E-state index < -0.39 is 0 Å². The molecule has 2 saturated carbocycles. The molecule has 2 N–H and O–H groups in total. The van der Waals surface area contributed by atoms with Crippen molar-refractivity contribution in [1.82, 2.24) is 15.5 Å². The quantitative estimate of drug-likeness (QED) is 0.669. The van der Waals surface area contributed by atoms with Gasteiger partial charge in [0, 0.05) is 31.0 Å². The van der Waals surface area contributed by atoms with Crippen molar-refractivity contribution in [3.8, 4) is 0 Å². The van der Waals surface area contributed by atoms with Crippen molar-refractivity contribution in [1.29, 1.82) is 0 Å². The fourth-order valence-electron chi connectivity index (χ4n) is 5.31. The summed E-state index contributed by atoms with van der Waals surface area (Å²) in [5, 5.41) is 6.65. The van der Waals surface area contributed by atoms with Gasteiger partial charge in [-0.3, -0.25) is 9.59 Å². The molecule has 1 aliphatic heterocycles. The van der Waals surface area contributed by atoms with E-state index in [4.69, 9.17) is 0 Å². The molecule has 28 heavy (non-hydrogen) atoms. The maximum Gasteiger partial charge on any atom is 0.225 e. The summed E-state index contributed by atoms with van der Waals surface area (Å²) in [6.07, 6.45) is 12.7. The van der Waals surface area contributed by atoms with Gasteiger partial charge in [0.25, 0.3) is 0 Å². The Bertz CT molecular complexity index is 482. The second-order valence-corrected chi connectivity index (χ2v) is 8.98. The highest BCUT2D eigenvalue weighted by molar-refractivity contribution is 5.85. The van der Waals surface area contributed by atoms with Crippen molar-refractivity contribution in [2.75, 3.05) is 19.6 Å². The van der Waals surface area contributed by atoms with Gasteiger partial charge in [0.15, 0.2) is 0 Å². The predicted molar refractivity (Wildman–Crippen MR) is 116 cm³/mol. The normalized spacial score (nSPS) is 26.5. The average molecular weight is 414 g/mol. The van der Waals surface area contributed by atoms with Gasteiger partial charge in [-0.1, -0.05) is 19.8 Å². The molecule has 3 rings (SSSR count). The molecular weight excluding hydrogens is 374 g/mol. The Kier molecular flexibility index (Phi) is 10.1. The molecule has 5 nitrogen and oxygen atoms in total. The molecular formula is C22H40ClN3O2. The van der Waals surface area contributed by atoms with Crippen LogP contribution >= 0.6 is 12.4 Å². The van der Waals surface area contributed by atoms with Crippen LogP contribution in [0.25, 0.3) is 0 Å². The standard InChI is InChI=1S/C22H39N3O2.ClH/c1-2-15-25(20-11-13-23-14-12-20)22(27)18-7-9-19(10-8-18)24-21(26)16-17-5-3-4-6-17;/h17-20,23H,2-16H2,1H3,(H,24,26);1H. The Labute approximate surface area is 177 Å². The van der Waals surface area contributed by atoms with E-state index in [0.717, 1.165) is 64.6 Å². The number of piperidine rings is 1. The number of carbonyl (C=O) groups is 2. The van der Waals surface area contributed by atoms with Gasteiger partial charge in [0.05, 0.1) is 0 Å². The molecule has 0 unspecified atom stereocenters. The highest BCUT2D eigenvalue weighted by Crippen LogP contribution is 2.30. The Morgan fingerprint density at radius 2 is 1.61 bits per heavy atom. The summed E-state index contributed by atoms with van der Waals surface area (Å²) in [6.45, 7) is 5.11. The van der Waals surface area contributed by atoms with E-state index in [0.29, 0.717) is 24.3 Å². The molecule has 1 heterocycles. The number of nitrogens with zero attached hydrogens (tertiary/aromatic N) is 1. The van der Waals surface area contributed by atoms with Crippen molar-refractivity contribution >= 4 is 24.2 Å². The van der Waals surface area contributed by atoms with E-state index >= 15 is 0 Å². The molecule has 2 aliphatic carbocycles. The van der Waals surface area contributed by atoms with Gasteiger partial charge in [-0.25, -0.2) is 0 Å². The van der Waals surface area contributed by atoms with Crippen LogP contribution in [0.5, 0.6) is 0 Å². The van der Waals surface area contributed by atoms with Gasteiger partial charge in [-0.2, -0.15) is 0 Å². The number of hydrogen-bond donors (Lipinski definition) is 2. The van der Waals surface area contributed by atoms with Crippen LogP contribution in [0.1, 0.15) is 84.0 Å². The van der Waals surface area contributed by atoms with Gasteiger partial charge >= 0.3 is 0 Å². The van der Waals surface area contributed by atoms with E-state index in [1.54, 1.807) is 0 Å². The molecule has 0 spiro atoms. The van der Waals surface area contributed by atoms with Gasteiger partial charge < -0.3 is 15.5 Å². The highest BCUT2D eigenvalue weighted by atomic mass is 35.5. The summed E-state index contributed by atoms with van der Waals surface area (Å²) in [6, 6.07) is 0.698. The molecule has 0 bridgehead atoms. The van der Waals surface area contributed by atoms with Gasteiger partial charge in [0.2, 0.25) is 11.8 Å². The minimum atomic E-state index is 0. The number of halogens is 1. The van der Waals surface area contributed by atoms with Crippen LogP contribution in [0.15, 0.2) is 0 Å². The van der Waals surface area contributed by atoms with Crippen molar-refractivity contribution in [2.45, 2.75) is 96.1 Å². The number of amides is 2. The summed E-state index contributed by atoms with van der Waals surface area (Å²) >= 11 is 0. The summed E-state index contributed by atoms with van der Waals surface area (Å²) in [5.41, 5.74) is 0. The topological polar surface area (TPSA) is 61.4 Å². The van der Waals surface area contributed by atoms with Crippen molar-refractivity contribution in [3.63, 3.8) is 0 Å². The number of rotatable bonds is 7. The van der Waals surface area contributed by atoms with Crippen LogP contribution in [0.4, 0.5) is 0 Å². The molecule has 3 aliphatic rings. The molecule has 0 aromatic carbocycles. The van der Waals surface area contributed by atoms with E-state index in [9.17, 15) is 9.59 Å². The molecule has 1 saturated heterocycles. The fraction of sp³-hybridized carbons (Fsp3) is 0.909. The van der Waals surface area contributed by atoms with Gasteiger partial charge in [-0.15, -0.1) is 12.4 Å².